The maximum absolute atomic E-state index is 10.5. The third-order valence-electron chi connectivity index (χ3n) is 1.56. The van der Waals surface area contributed by atoms with E-state index in [9.17, 15) is 4.79 Å². The van der Waals surface area contributed by atoms with Gasteiger partial charge in [0.15, 0.2) is 0 Å². The molecule has 0 radical (unpaired) electrons. The molecular formula is C10H16O. The van der Waals surface area contributed by atoms with Gasteiger partial charge in [0.05, 0.1) is 0 Å². The molecule has 1 nitrogen and oxygen atoms in total. The zero-order valence-corrected chi connectivity index (χ0v) is 7.77. The zero-order chi connectivity index (χ0) is 8.85. The first-order valence-corrected chi connectivity index (χ1v) is 3.84. The topological polar surface area (TPSA) is 17.1 Å². The number of hydrogen-bond acceptors (Lipinski definition) is 1. The van der Waals surface area contributed by atoms with E-state index in [4.69, 9.17) is 0 Å². The van der Waals surface area contributed by atoms with Gasteiger partial charge in [-0.1, -0.05) is 23.3 Å². The van der Waals surface area contributed by atoms with Crippen LogP contribution in [0.1, 0.15) is 34.1 Å². The highest BCUT2D eigenvalue weighted by molar-refractivity contribution is 5.77. The highest BCUT2D eigenvalue weighted by atomic mass is 16.1. The molecule has 0 saturated heterocycles. The molecule has 0 aliphatic rings. The number of carbonyl (C=O) groups is 1. The molecule has 0 heterocycles. The van der Waals surface area contributed by atoms with Gasteiger partial charge in [-0.3, -0.25) is 4.79 Å². The fourth-order valence-corrected chi connectivity index (χ4v) is 0.568. The normalized spacial score (nSPS) is 10.2. The van der Waals surface area contributed by atoms with Gasteiger partial charge >= 0.3 is 0 Å². The Morgan fingerprint density at radius 1 is 1.18 bits per heavy atom. The van der Waals surface area contributed by atoms with Crippen LogP contribution in [0.4, 0.5) is 0 Å². The van der Waals surface area contributed by atoms with Crippen LogP contribution in [0.15, 0.2) is 23.3 Å². The van der Waals surface area contributed by atoms with Gasteiger partial charge in [-0.25, -0.2) is 0 Å². The second-order valence-corrected chi connectivity index (χ2v) is 2.99. The highest BCUT2D eigenvalue weighted by Gasteiger charge is 1.87. The van der Waals surface area contributed by atoms with Gasteiger partial charge < -0.3 is 0 Å². The Hall–Kier alpha value is -0.850. The number of allylic oxidation sites excluding steroid dienone is 4. The molecule has 62 valence electrons. The zero-order valence-electron chi connectivity index (χ0n) is 7.77. The van der Waals surface area contributed by atoms with E-state index in [0.29, 0.717) is 6.42 Å². The number of rotatable bonds is 3. The SMILES string of the molecule is CC(=O)C/C=C/C(C)=C(C)C. The van der Waals surface area contributed by atoms with Gasteiger partial charge in [-0.2, -0.15) is 0 Å². The van der Waals surface area contributed by atoms with Crippen molar-refractivity contribution >= 4 is 5.78 Å². The average Bonchev–Trinajstić information content (AvgIpc) is 1.86. The molecule has 0 atom stereocenters. The Balaban J connectivity index is 3.95. The van der Waals surface area contributed by atoms with Crippen molar-refractivity contribution in [3.8, 4) is 0 Å². The molecule has 0 bridgehead atoms. The highest BCUT2D eigenvalue weighted by Crippen LogP contribution is 2.03. The lowest BCUT2D eigenvalue weighted by molar-refractivity contribution is -0.116. The van der Waals surface area contributed by atoms with E-state index in [1.54, 1.807) is 6.92 Å². The molecule has 1 heteroatoms. The minimum Gasteiger partial charge on any atom is -0.300 e. The van der Waals surface area contributed by atoms with Gasteiger partial charge in [0.25, 0.3) is 0 Å². The lowest BCUT2D eigenvalue weighted by Crippen LogP contribution is -1.84. The Morgan fingerprint density at radius 2 is 1.73 bits per heavy atom. The lowest BCUT2D eigenvalue weighted by Gasteiger charge is -1.93. The Morgan fingerprint density at radius 3 is 2.09 bits per heavy atom. The molecule has 0 aromatic rings. The largest absolute Gasteiger partial charge is 0.300 e. The van der Waals surface area contributed by atoms with Crippen LogP contribution < -0.4 is 0 Å². The summed E-state index contributed by atoms with van der Waals surface area (Å²) in [6, 6.07) is 0. The molecule has 0 rings (SSSR count). The smallest absolute Gasteiger partial charge is 0.133 e. The first-order valence-electron chi connectivity index (χ1n) is 3.84. The molecule has 0 fully saturated rings. The third-order valence-corrected chi connectivity index (χ3v) is 1.56. The number of Topliss-reactive ketones (excluding diaryl/α,β-unsaturated/α-hetero) is 1. The van der Waals surface area contributed by atoms with Crippen LogP contribution >= 0.6 is 0 Å². The Bertz CT molecular complexity index is 193. The summed E-state index contributed by atoms with van der Waals surface area (Å²) in [5.41, 5.74) is 2.54. The van der Waals surface area contributed by atoms with Crippen LogP contribution in [0.2, 0.25) is 0 Å². The molecule has 0 aliphatic heterocycles. The third kappa shape index (κ3) is 5.59. The number of ketones is 1. The van der Waals surface area contributed by atoms with Crippen molar-refractivity contribution in [2.75, 3.05) is 0 Å². The minimum absolute atomic E-state index is 0.211. The summed E-state index contributed by atoms with van der Waals surface area (Å²) in [5, 5.41) is 0. The van der Waals surface area contributed by atoms with E-state index < -0.39 is 0 Å². The fourth-order valence-electron chi connectivity index (χ4n) is 0.568. The van der Waals surface area contributed by atoms with Crippen molar-refractivity contribution < 1.29 is 4.79 Å². The molecule has 0 aromatic carbocycles. The average molecular weight is 152 g/mol. The van der Waals surface area contributed by atoms with Gasteiger partial charge in [0.2, 0.25) is 0 Å². The summed E-state index contributed by atoms with van der Waals surface area (Å²) in [7, 11) is 0. The molecule has 0 amide bonds. The van der Waals surface area contributed by atoms with Crippen LogP contribution in [0.25, 0.3) is 0 Å². The van der Waals surface area contributed by atoms with Gasteiger partial charge in [0, 0.05) is 6.42 Å². The summed E-state index contributed by atoms with van der Waals surface area (Å²) >= 11 is 0. The molecule has 0 aromatic heterocycles. The van der Waals surface area contributed by atoms with E-state index in [1.807, 2.05) is 19.1 Å². The van der Waals surface area contributed by atoms with E-state index in [0.717, 1.165) is 0 Å². The van der Waals surface area contributed by atoms with E-state index >= 15 is 0 Å². The summed E-state index contributed by atoms with van der Waals surface area (Å²) in [4.78, 5) is 10.5. The summed E-state index contributed by atoms with van der Waals surface area (Å²) in [6.07, 6.45) is 4.45. The van der Waals surface area contributed by atoms with E-state index in [-0.39, 0.29) is 5.78 Å². The molecule has 0 spiro atoms. The summed E-state index contributed by atoms with van der Waals surface area (Å²) < 4.78 is 0. The van der Waals surface area contributed by atoms with Crippen molar-refractivity contribution in [3.63, 3.8) is 0 Å². The second-order valence-electron chi connectivity index (χ2n) is 2.99. The standard InChI is InChI=1S/C10H16O/c1-8(2)9(3)6-5-7-10(4)11/h5-6H,7H2,1-4H3/b6-5+. The van der Waals surface area contributed by atoms with Crippen LogP contribution in [0.3, 0.4) is 0 Å². The van der Waals surface area contributed by atoms with Crippen LogP contribution in [-0.4, -0.2) is 5.78 Å². The van der Waals surface area contributed by atoms with E-state index in [2.05, 4.69) is 13.8 Å². The van der Waals surface area contributed by atoms with Crippen molar-refractivity contribution in [1.29, 1.82) is 0 Å². The molecular weight excluding hydrogens is 136 g/mol. The molecule has 11 heavy (non-hydrogen) atoms. The summed E-state index contributed by atoms with van der Waals surface area (Å²) in [6.45, 7) is 7.77. The van der Waals surface area contributed by atoms with Gasteiger partial charge in [-0.05, 0) is 27.7 Å². The van der Waals surface area contributed by atoms with Crippen molar-refractivity contribution in [2.24, 2.45) is 0 Å². The van der Waals surface area contributed by atoms with Gasteiger partial charge in [-0.15, -0.1) is 0 Å². The van der Waals surface area contributed by atoms with Crippen molar-refractivity contribution in [3.05, 3.63) is 23.3 Å². The van der Waals surface area contributed by atoms with Crippen molar-refractivity contribution in [1.82, 2.24) is 0 Å². The molecule has 0 saturated carbocycles. The van der Waals surface area contributed by atoms with Crippen LogP contribution in [-0.2, 0) is 4.79 Å². The molecule has 0 aliphatic carbocycles. The maximum Gasteiger partial charge on any atom is 0.133 e. The van der Waals surface area contributed by atoms with Crippen LogP contribution in [0.5, 0.6) is 0 Å². The monoisotopic (exact) mass is 152 g/mol. The van der Waals surface area contributed by atoms with Crippen molar-refractivity contribution in [2.45, 2.75) is 34.1 Å². The first-order chi connectivity index (χ1) is 5.04. The number of carbonyl (C=O) groups excluding carboxylic acids is 1. The quantitative estimate of drug-likeness (QED) is 0.568. The predicted octanol–water partition coefficient (Wildman–Crippen LogP) is 2.88. The van der Waals surface area contributed by atoms with E-state index in [1.165, 1.54) is 11.1 Å². The minimum atomic E-state index is 0.211. The summed E-state index contributed by atoms with van der Waals surface area (Å²) in [5.74, 6) is 0.211. The Labute approximate surface area is 68.8 Å². The lowest BCUT2D eigenvalue weighted by atomic mass is 10.1. The first kappa shape index (κ1) is 10.2. The molecule has 0 unspecified atom stereocenters. The second kappa shape index (κ2) is 4.89. The van der Waals surface area contributed by atoms with Gasteiger partial charge in [0.1, 0.15) is 5.78 Å². The molecule has 0 N–H and O–H groups in total. The predicted molar refractivity (Wildman–Crippen MR) is 48.5 cm³/mol. The number of hydrogen-bond donors (Lipinski definition) is 0. The fraction of sp³-hybridized carbons (Fsp3) is 0.500. The Kier molecular flexibility index (Phi) is 4.51. The maximum atomic E-state index is 10.5. The van der Waals surface area contributed by atoms with Crippen LogP contribution in [0, 0.1) is 0 Å².